The van der Waals surface area contributed by atoms with Crippen LogP contribution in [0.25, 0.3) is 16.9 Å². The van der Waals surface area contributed by atoms with E-state index in [1.807, 2.05) is 39.9 Å². The first-order valence-corrected chi connectivity index (χ1v) is 13.4. The topological polar surface area (TPSA) is 80.7 Å². The van der Waals surface area contributed by atoms with E-state index in [0.29, 0.717) is 35.7 Å². The lowest BCUT2D eigenvalue weighted by Crippen LogP contribution is -2.39. The zero-order valence-corrected chi connectivity index (χ0v) is 21.2. The molecule has 3 atom stereocenters. The molecule has 2 saturated carbocycles. The minimum atomic E-state index is -0.369. The number of carbonyl (C=O) groups excluding carboxylic acids is 2. The molecule has 38 heavy (non-hydrogen) atoms. The van der Waals surface area contributed by atoms with E-state index in [2.05, 4.69) is 25.1 Å². The van der Waals surface area contributed by atoms with Gasteiger partial charge in [-0.25, -0.2) is 9.37 Å². The lowest BCUT2D eigenvalue weighted by atomic mass is 9.93. The lowest BCUT2D eigenvalue weighted by Gasteiger charge is -2.35. The molecule has 4 aromatic rings. The van der Waals surface area contributed by atoms with Crippen molar-refractivity contribution < 1.29 is 14.0 Å². The number of fused-ring (bicyclic) bond motifs is 2. The van der Waals surface area contributed by atoms with E-state index >= 15 is 4.39 Å². The van der Waals surface area contributed by atoms with Crippen molar-refractivity contribution in [1.82, 2.24) is 14.3 Å². The number of amides is 2. The molecule has 0 radical (unpaired) electrons. The third-order valence-corrected chi connectivity index (χ3v) is 8.55. The Morgan fingerprint density at radius 1 is 1.05 bits per heavy atom. The van der Waals surface area contributed by atoms with Crippen molar-refractivity contribution in [3.8, 4) is 11.3 Å². The number of hydrogen-bond donors (Lipinski definition) is 1. The molecule has 2 N–H and O–H groups in total. The standard InChI is InChI=1S/C31H29FN4O2/c1-17-22-5-3-2-4-18(22)10-11-36(17)31(38)21-12-25(19-6-7-19)30-34-28(16-35(30)15-21)23-9-8-20(13-27(23)32)24-14-26(24)29(33)37/h2-5,8-9,12-13,15-17,19,24,26H,6-7,10-11,14H2,1H3,(H2,33,37)/t17-,24?,26?/m1/s1. The first kappa shape index (κ1) is 23.1. The molecule has 6 nitrogen and oxygen atoms in total. The predicted octanol–water partition coefficient (Wildman–Crippen LogP) is 5.37. The normalized spacial score (nSPS) is 22.4. The van der Waals surface area contributed by atoms with Gasteiger partial charge in [0.2, 0.25) is 5.91 Å². The highest BCUT2D eigenvalue weighted by molar-refractivity contribution is 5.95. The van der Waals surface area contributed by atoms with Crippen LogP contribution in [-0.4, -0.2) is 32.6 Å². The van der Waals surface area contributed by atoms with Crippen molar-refractivity contribution in [2.75, 3.05) is 6.54 Å². The summed E-state index contributed by atoms with van der Waals surface area (Å²) in [7, 11) is 0. The molecule has 7 heteroatoms. The van der Waals surface area contributed by atoms with Crippen LogP contribution in [0.3, 0.4) is 0 Å². The van der Waals surface area contributed by atoms with E-state index in [-0.39, 0.29) is 35.5 Å². The Hall–Kier alpha value is -4.00. The Kier molecular flexibility index (Phi) is 5.18. The number of hydrogen-bond acceptors (Lipinski definition) is 3. The van der Waals surface area contributed by atoms with Crippen LogP contribution in [0.1, 0.15) is 76.7 Å². The van der Waals surface area contributed by atoms with Gasteiger partial charge in [0, 0.05) is 30.4 Å². The molecule has 1 aliphatic heterocycles. The van der Waals surface area contributed by atoms with E-state index in [9.17, 15) is 9.59 Å². The molecule has 0 spiro atoms. The average Bonchev–Trinajstić information content (AvgIpc) is 3.84. The maximum Gasteiger partial charge on any atom is 0.255 e. The zero-order chi connectivity index (χ0) is 26.1. The van der Waals surface area contributed by atoms with Crippen LogP contribution in [-0.2, 0) is 11.2 Å². The number of halogens is 1. The third-order valence-electron chi connectivity index (χ3n) is 8.55. The Morgan fingerprint density at radius 2 is 1.87 bits per heavy atom. The highest BCUT2D eigenvalue weighted by atomic mass is 19.1. The molecule has 2 unspecified atom stereocenters. The van der Waals surface area contributed by atoms with E-state index in [1.54, 1.807) is 6.07 Å². The van der Waals surface area contributed by atoms with Gasteiger partial charge in [-0.15, -0.1) is 0 Å². The molecule has 2 aliphatic carbocycles. The summed E-state index contributed by atoms with van der Waals surface area (Å²) in [6.07, 6.45) is 7.29. The molecule has 0 bridgehead atoms. The molecular formula is C31H29FN4O2. The van der Waals surface area contributed by atoms with Crippen LogP contribution in [0.4, 0.5) is 4.39 Å². The number of nitrogens with zero attached hydrogens (tertiary/aromatic N) is 3. The first-order chi connectivity index (χ1) is 18.4. The quantitative estimate of drug-likeness (QED) is 0.394. The molecule has 2 aromatic carbocycles. The molecular weight excluding hydrogens is 479 g/mol. The summed E-state index contributed by atoms with van der Waals surface area (Å²) in [5.41, 5.74) is 12.1. The van der Waals surface area contributed by atoms with Gasteiger partial charge in [0.25, 0.3) is 5.91 Å². The fourth-order valence-corrected chi connectivity index (χ4v) is 6.13. The van der Waals surface area contributed by atoms with Crippen LogP contribution in [0, 0.1) is 11.7 Å². The van der Waals surface area contributed by atoms with E-state index in [4.69, 9.17) is 10.7 Å². The van der Waals surface area contributed by atoms with Crippen molar-refractivity contribution in [2.24, 2.45) is 11.7 Å². The van der Waals surface area contributed by atoms with Crippen LogP contribution in [0.15, 0.2) is 60.9 Å². The number of carbonyl (C=O) groups is 2. The van der Waals surface area contributed by atoms with Crippen molar-refractivity contribution >= 4 is 17.5 Å². The summed E-state index contributed by atoms with van der Waals surface area (Å²) < 4.78 is 17.1. The van der Waals surface area contributed by atoms with Crippen LogP contribution >= 0.6 is 0 Å². The minimum Gasteiger partial charge on any atom is -0.369 e. The van der Waals surface area contributed by atoms with Gasteiger partial charge in [0.05, 0.1) is 17.3 Å². The number of nitrogens with two attached hydrogens (primary N) is 1. The number of rotatable bonds is 5. The van der Waals surface area contributed by atoms with Crippen molar-refractivity contribution in [1.29, 1.82) is 0 Å². The van der Waals surface area contributed by atoms with Crippen LogP contribution in [0.2, 0.25) is 0 Å². The molecule has 0 saturated heterocycles. The molecule has 2 amide bonds. The van der Waals surface area contributed by atoms with Crippen molar-refractivity contribution in [3.63, 3.8) is 0 Å². The highest BCUT2D eigenvalue weighted by Gasteiger charge is 2.43. The Bertz CT molecular complexity index is 1620. The zero-order valence-electron chi connectivity index (χ0n) is 21.2. The summed E-state index contributed by atoms with van der Waals surface area (Å²) in [5.74, 6) is -0.533. The van der Waals surface area contributed by atoms with Gasteiger partial charge in [0.1, 0.15) is 11.5 Å². The summed E-state index contributed by atoms with van der Waals surface area (Å²) in [5, 5.41) is 0. The van der Waals surface area contributed by atoms with Gasteiger partial charge in [0.15, 0.2) is 0 Å². The van der Waals surface area contributed by atoms with Crippen molar-refractivity contribution in [3.05, 3.63) is 94.6 Å². The Balaban J connectivity index is 1.23. The summed E-state index contributed by atoms with van der Waals surface area (Å²) in [6.45, 7) is 2.77. The highest BCUT2D eigenvalue weighted by Crippen LogP contribution is 2.48. The second-order valence-corrected chi connectivity index (χ2v) is 11.0. The van der Waals surface area contributed by atoms with Gasteiger partial charge < -0.3 is 15.0 Å². The largest absolute Gasteiger partial charge is 0.369 e. The first-order valence-electron chi connectivity index (χ1n) is 13.4. The molecule has 192 valence electrons. The number of primary amides is 1. The van der Waals surface area contributed by atoms with Gasteiger partial charge in [-0.2, -0.15) is 0 Å². The fraction of sp³-hybridized carbons (Fsp3) is 0.323. The molecule has 7 rings (SSSR count). The second kappa shape index (κ2) is 8.51. The minimum absolute atomic E-state index is 0.000824. The van der Waals surface area contributed by atoms with Gasteiger partial charge >= 0.3 is 0 Å². The molecule has 2 fully saturated rings. The molecule has 3 heterocycles. The van der Waals surface area contributed by atoms with E-state index in [1.165, 1.54) is 17.2 Å². The predicted molar refractivity (Wildman–Crippen MR) is 142 cm³/mol. The summed E-state index contributed by atoms with van der Waals surface area (Å²) in [6, 6.07) is 15.4. The van der Waals surface area contributed by atoms with Gasteiger partial charge in [-0.3, -0.25) is 9.59 Å². The van der Waals surface area contributed by atoms with Gasteiger partial charge in [-0.1, -0.05) is 30.3 Å². The molecule has 3 aliphatic rings. The maximum absolute atomic E-state index is 15.2. The molecule has 2 aromatic heterocycles. The van der Waals surface area contributed by atoms with E-state index in [0.717, 1.165) is 36.0 Å². The third kappa shape index (κ3) is 3.80. The smallest absolute Gasteiger partial charge is 0.255 e. The van der Waals surface area contributed by atoms with Crippen molar-refractivity contribution in [2.45, 2.75) is 50.5 Å². The monoisotopic (exact) mass is 508 g/mol. The van der Waals surface area contributed by atoms with Crippen LogP contribution < -0.4 is 5.73 Å². The van der Waals surface area contributed by atoms with Gasteiger partial charge in [-0.05, 0) is 84.9 Å². The number of aromatic nitrogens is 2. The average molecular weight is 509 g/mol. The summed E-state index contributed by atoms with van der Waals surface area (Å²) in [4.78, 5) is 32.0. The lowest BCUT2D eigenvalue weighted by molar-refractivity contribution is -0.119. The Labute approximate surface area is 220 Å². The number of pyridine rings is 1. The summed E-state index contributed by atoms with van der Waals surface area (Å²) >= 11 is 0. The fourth-order valence-electron chi connectivity index (χ4n) is 6.13. The maximum atomic E-state index is 15.2. The van der Waals surface area contributed by atoms with E-state index < -0.39 is 0 Å². The number of imidazole rings is 1. The SMILES string of the molecule is C[C@@H]1c2ccccc2CCN1C(=O)c1cc(C2CC2)c2nc(-c3ccc(C4CC4C(N)=O)cc3F)cn2c1. The number of benzene rings is 2. The Morgan fingerprint density at radius 3 is 2.61 bits per heavy atom. The second-order valence-electron chi connectivity index (χ2n) is 11.0. The van der Waals surface area contributed by atoms with Crippen LogP contribution in [0.5, 0.6) is 0 Å².